The zero-order chi connectivity index (χ0) is 11.9. The molecule has 0 unspecified atom stereocenters. The molecule has 1 saturated heterocycles. The van der Waals surface area contributed by atoms with E-state index < -0.39 is 0 Å². The average Bonchev–Trinajstić information content (AvgIpc) is 2.84. The fourth-order valence-electron chi connectivity index (χ4n) is 1.94. The van der Waals surface area contributed by atoms with Crippen LogP contribution in [0.4, 0.5) is 0 Å². The van der Waals surface area contributed by atoms with Gasteiger partial charge in [-0.1, -0.05) is 5.16 Å². The highest BCUT2D eigenvalue weighted by Gasteiger charge is 2.12. The van der Waals surface area contributed by atoms with Crippen molar-refractivity contribution in [1.82, 2.24) is 25.3 Å². The molecule has 6 heteroatoms. The summed E-state index contributed by atoms with van der Waals surface area (Å²) in [6, 6.07) is 0. The molecule has 0 aliphatic carbocycles. The highest BCUT2D eigenvalue weighted by atomic mass is 16.5. The summed E-state index contributed by atoms with van der Waals surface area (Å²) in [4.78, 5) is 8.85. The Morgan fingerprint density at radius 1 is 1.29 bits per heavy atom. The van der Waals surface area contributed by atoms with E-state index in [1.165, 1.54) is 32.6 Å². The number of nitrogens with zero attached hydrogens (tertiary/aromatic N) is 4. The fourth-order valence-corrected chi connectivity index (χ4v) is 1.94. The first-order chi connectivity index (χ1) is 8.34. The Balaban J connectivity index is 1.49. The van der Waals surface area contributed by atoms with Crippen LogP contribution in [0.1, 0.15) is 5.82 Å². The van der Waals surface area contributed by atoms with Gasteiger partial charge in [-0.2, -0.15) is 4.98 Å². The smallest absolute Gasteiger partial charge is 0.213 e. The van der Waals surface area contributed by atoms with E-state index in [1.807, 2.05) is 0 Å². The molecular formula is C11H21N5O. The number of nitrogens with one attached hydrogen (secondary N) is 1. The monoisotopic (exact) mass is 239 g/mol. The third kappa shape index (κ3) is 4.41. The van der Waals surface area contributed by atoms with Crippen molar-refractivity contribution >= 4 is 0 Å². The maximum atomic E-state index is 4.67. The van der Waals surface area contributed by atoms with Crippen LogP contribution >= 0.6 is 0 Å². The van der Waals surface area contributed by atoms with Crippen molar-refractivity contribution in [2.75, 3.05) is 52.9 Å². The molecule has 1 aliphatic heterocycles. The van der Waals surface area contributed by atoms with Crippen LogP contribution in [0.15, 0.2) is 10.9 Å². The van der Waals surface area contributed by atoms with Crippen molar-refractivity contribution in [3.8, 4) is 0 Å². The molecule has 1 fully saturated rings. The first-order valence-corrected chi connectivity index (χ1v) is 6.21. The zero-order valence-electron chi connectivity index (χ0n) is 10.4. The highest BCUT2D eigenvalue weighted by Crippen LogP contribution is 1.97. The fraction of sp³-hybridized carbons (Fsp3) is 0.818. The lowest BCUT2D eigenvalue weighted by Crippen LogP contribution is -2.46. The topological polar surface area (TPSA) is 57.4 Å². The number of piperazine rings is 1. The Morgan fingerprint density at radius 2 is 2.12 bits per heavy atom. The molecule has 17 heavy (non-hydrogen) atoms. The number of hydrogen-bond donors (Lipinski definition) is 1. The van der Waals surface area contributed by atoms with Crippen LogP contribution in [0.3, 0.4) is 0 Å². The first kappa shape index (κ1) is 12.5. The minimum absolute atomic E-state index is 0.775. The van der Waals surface area contributed by atoms with Crippen molar-refractivity contribution in [1.29, 1.82) is 0 Å². The average molecular weight is 239 g/mol. The normalized spacial score (nSPS) is 18.6. The van der Waals surface area contributed by atoms with Gasteiger partial charge in [0.1, 0.15) is 0 Å². The van der Waals surface area contributed by atoms with E-state index >= 15 is 0 Å². The second-order valence-corrected chi connectivity index (χ2v) is 4.49. The molecule has 1 aromatic heterocycles. The van der Waals surface area contributed by atoms with Gasteiger partial charge >= 0.3 is 0 Å². The number of aromatic nitrogens is 2. The maximum absolute atomic E-state index is 4.67. The standard InChI is InChI=1S/C11H21N5O/c1-15-6-8-16(9-7-15)5-4-12-3-2-11-13-10-17-14-11/h10,12H,2-9H2,1H3. The molecule has 1 N–H and O–H groups in total. The number of hydrogen-bond acceptors (Lipinski definition) is 6. The van der Waals surface area contributed by atoms with Crippen molar-refractivity contribution in [2.45, 2.75) is 6.42 Å². The van der Waals surface area contributed by atoms with Crippen molar-refractivity contribution in [3.63, 3.8) is 0 Å². The maximum Gasteiger partial charge on any atom is 0.213 e. The molecule has 0 bridgehead atoms. The predicted molar refractivity (Wildman–Crippen MR) is 64.8 cm³/mol. The zero-order valence-corrected chi connectivity index (χ0v) is 10.4. The predicted octanol–water partition coefficient (Wildman–Crippen LogP) is -0.551. The SMILES string of the molecule is CN1CCN(CCNCCc2ncon2)CC1. The largest absolute Gasteiger partial charge is 0.343 e. The van der Waals surface area contributed by atoms with Gasteiger partial charge in [-0.15, -0.1) is 0 Å². The van der Waals surface area contributed by atoms with Gasteiger partial charge in [-0.25, -0.2) is 0 Å². The molecule has 1 aromatic rings. The minimum atomic E-state index is 0.775. The van der Waals surface area contributed by atoms with E-state index in [1.54, 1.807) is 0 Å². The molecule has 0 aromatic carbocycles. The highest BCUT2D eigenvalue weighted by molar-refractivity contribution is 4.78. The van der Waals surface area contributed by atoms with Crippen LogP contribution in [0.2, 0.25) is 0 Å². The molecule has 2 rings (SSSR count). The molecule has 0 amide bonds. The van der Waals surface area contributed by atoms with Crippen LogP contribution in [-0.4, -0.2) is 72.8 Å². The molecule has 2 heterocycles. The molecule has 6 nitrogen and oxygen atoms in total. The lowest BCUT2D eigenvalue weighted by Gasteiger charge is -2.32. The van der Waals surface area contributed by atoms with Gasteiger partial charge in [0, 0.05) is 52.2 Å². The molecular weight excluding hydrogens is 218 g/mol. The Kier molecular flexibility index (Phi) is 4.90. The van der Waals surface area contributed by atoms with E-state index in [9.17, 15) is 0 Å². The molecule has 1 aliphatic rings. The van der Waals surface area contributed by atoms with Crippen molar-refractivity contribution < 1.29 is 4.52 Å². The van der Waals surface area contributed by atoms with Gasteiger partial charge < -0.3 is 14.7 Å². The first-order valence-electron chi connectivity index (χ1n) is 6.21. The summed E-state index contributed by atoms with van der Waals surface area (Å²) in [5, 5.41) is 7.18. The Morgan fingerprint density at radius 3 is 2.82 bits per heavy atom. The van der Waals surface area contributed by atoms with E-state index in [2.05, 4.69) is 36.8 Å². The molecule has 0 atom stereocenters. The van der Waals surface area contributed by atoms with E-state index in [-0.39, 0.29) is 0 Å². The van der Waals surface area contributed by atoms with Gasteiger partial charge in [0.25, 0.3) is 0 Å². The third-order valence-electron chi connectivity index (χ3n) is 3.13. The van der Waals surface area contributed by atoms with E-state index in [4.69, 9.17) is 0 Å². The summed E-state index contributed by atoms with van der Waals surface area (Å²) in [5.74, 6) is 0.775. The quantitative estimate of drug-likeness (QED) is 0.672. The molecule has 0 saturated carbocycles. The van der Waals surface area contributed by atoms with Crippen LogP contribution in [0.25, 0.3) is 0 Å². The Bertz CT molecular complexity index is 295. The van der Waals surface area contributed by atoms with Gasteiger partial charge in [0.05, 0.1) is 0 Å². The van der Waals surface area contributed by atoms with Crippen LogP contribution < -0.4 is 5.32 Å². The number of rotatable bonds is 6. The second-order valence-electron chi connectivity index (χ2n) is 4.49. The van der Waals surface area contributed by atoms with E-state index in [0.29, 0.717) is 0 Å². The summed E-state index contributed by atoms with van der Waals surface area (Å²) in [7, 11) is 2.18. The lowest BCUT2D eigenvalue weighted by molar-refractivity contribution is 0.155. The summed E-state index contributed by atoms with van der Waals surface area (Å²) in [6.45, 7) is 7.80. The van der Waals surface area contributed by atoms with Crippen LogP contribution in [0, 0.1) is 0 Å². The van der Waals surface area contributed by atoms with Crippen LogP contribution in [0.5, 0.6) is 0 Å². The van der Waals surface area contributed by atoms with Crippen molar-refractivity contribution in [2.24, 2.45) is 0 Å². The number of likely N-dealkylation sites (N-methyl/N-ethyl adjacent to an activating group) is 1. The summed E-state index contributed by atoms with van der Waals surface area (Å²) in [6.07, 6.45) is 2.21. The van der Waals surface area contributed by atoms with Gasteiger partial charge in [-0.05, 0) is 7.05 Å². The van der Waals surface area contributed by atoms with Gasteiger partial charge in [0.15, 0.2) is 5.82 Å². The lowest BCUT2D eigenvalue weighted by atomic mass is 10.3. The Labute approximate surface area is 102 Å². The van der Waals surface area contributed by atoms with Gasteiger partial charge in [0.2, 0.25) is 6.39 Å². The van der Waals surface area contributed by atoms with Crippen molar-refractivity contribution in [3.05, 3.63) is 12.2 Å². The Hall–Kier alpha value is -0.980. The third-order valence-corrected chi connectivity index (χ3v) is 3.13. The summed E-state index contributed by atoms with van der Waals surface area (Å²) < 4.78 is 4.67. The van der Waals surface area contributed by atoms with E-state index in [0.717, 1.165) is 31.9 Å². The molecule has 0 radical (unpaired) electrons. The summed E-state index contributed by atoms with van der Waals surface area (Å²) in [5.41, 5.74) is 0. The second kappa shape index (κ2) is 6.68. The molecule has 96 valence electrons. The minimum Gasteiger partial charge on any atom is -0.343 e. The van der Waals surface area contributed by atoms with Crippen LogP contribution in [-0.2, 0) is 6.42 Å². The summed E-state index contributed by atoms with van der Waals surface area (Å²) >= 11 is 0. The van der Waals surface area contributed by atoms with Gasteiger partial charge in [-0.3, -0.25) is 4.90 Å². The molecule has 0 spiro atoms.